The van der Waals surface area contributed by atoms with E-state index in [1.807, 2.05) is 6.07 Å². The Labute approximate surface area is 110 Å². The first-order valence-corrected chi connectivity index (χ1v) is 7.03. The van der Waals surface area contributed by atoms with Gasteiger partial charge in [-0.2, -0.15) is 8.78 Å². The Bertz CT molecular complexity index is 389. The van der Waals surface area contributed by atoms with Crippen LogP contribution in [0.1, 0.15) is 25.7 Å². The van der Waals surface area contributed by atoms with Gasteiger partial charge in [-0.1, -0.05) is 36.7 Å². The van der Waals surface area contributed by atoms with E-state index in [2.05, 4.69) is 5.32 Å². The number of aliphatic hydroxyl groups is 1. The molecule has 2 N–H and O–H groups in total. The van der Waals surface area contributed by atoms with Crippen LogP contribution in [0.5, 0.6) is 0 Å². The van der Waals surface area contributed by atoms with Crippen molar-refractivity contribution in [2.45, 2.75) is 48.5 Å². The third-order valence-electron chi connectivity index (χ3n) is 3.17. The van der Waals surface area contributed by atoms with Crippen LogP contribution in [0.25, 0.3) is 0 Å². The third kappa shape index (κ3) is 3.59. The van der Waals surface area contributed by atoms with Gasteiger partial charge < -0.3 is 10.4 Å². The van der Waals surface area contributed by atoms with Gasteiger partial charge >= 0.3 is 0 Å². The lowest BCUT2D eigenvalue weighted by Gasteiger charge is -2.29. The van der Waals surface area contributed by atoms with Gasteiger partial charge in [-0.25, -0.2) is 0 Å². The number of anilines is 1. The molecule has 0 bridgehead atoms. The Hall–Kier alpha value is -0.810. The van der Waals surface area contributed by atoms with Crippen LogP contribution < -0.4 is 5.32 Å². The number of nitrogens with one attached hydrogen (secondary N) is 1. The van der Waals surface area contributed by atoms with Crippen LogP contribution in [0.3, 0.4) is 0 Å². The maximum Gasteiger partial charge on any atom is 0.288 e. The third-order valence-corrected chi connectivity index (χ3v) is 3.96. The normalized spacial score (nSPS) is 24.2. The van der Waals surface area contributed by atoms with E-state index in [-0.39, 0.29) is 12.1 Å². The van der Waals surface area contributed by atoms with Crippen molar-refractivity contribution in [3.8, 4) is 0 Å². The van der Waals surface area contributed by atoms with Crippen molar-refractivity contribution in [1.82, 2.24) is 0 Å². The zero-order chi connectivity index (χ0) is 13.0. The van der Waals surface area contributed by atoms with Crippen LogP contribution in [0.2, 0.25) is 0 Å². The highest BCUT2D eigenvalue weighted by Crippen LogP contribution is 2.33. The summed E-state index contributed by atoms with van der Waals surface area (Å²) in [5.74, 6) is -2.43. The molecule has 0 saturated heterocycles. The minimum atomic E-state index is -2.43. The zero-order valence-electron chi connectivity index (χ0n) is 9.98. The SMILES string of the molecule is O[C@@H]1CCCC[C@H]1Nc1ccccc1SC(F)F. The number of benzene rings is 1. The Morgan fingerprint density at radius 2 is 1.94 bits per heavy atom. The Balaban J connectivity index is 2.07. The number of rotatable bonds is 4. The van der Waals surface area contributed by atoms with Gasteiger partial charge in [0.05, 0.1) is 12.1 Å². The van der Waals surface area contributed by atoms with Gasteiger partial charge in [0.15, 0.2) is 0 Å². The number of para-hydroxylation sites is 1. The molecule has 1 aromatic carbocycles. The van der Waals surface area contributed by atoms with E-state index in [1.54, 1.807) is 18.2 Å². The lowest BCUT2D eigenvalue weighted by molar-refractivity contribution is 0.116. The van der Waals surface area contributed by atoms with Gasteiger partial charge in [0.25, 0.3) is 5.76 Å². The second-order valence-electron chi connectivity index (χ2n) is 4.48. The number of hydrogen-bond donors (Lipinski definition) is 2. The monoisotopic (exact) mass is 273 g/mol. The van der Waals surface area contributed by atoms with Crippen LogP contribution >= 0.6 is 11.8 Å². The molecule has 5 heteroatoms. The highest BCUT2D eigenvalue weighted by molar-refractivity contribution is 7.99. The summed E-state index contributed by atoms with van der Waals surface area (Å²) in [6.07, 6.45) is 3.38. The number of alkyl halides is 2. The number of hydrogen-bond acceptors (Lipinski definition) is 3. The van der Waals surface area contributed by atoms with E-state index < -0.39 is 5.76 Å². The molecule has 1 saturated carbocycles. The number of aliphatic hydroxyl groups excluding tert-OH is 1. The van der Waals surface area contributed by atoms with E-state index in [4.69, 9.17) is 0 Å². The molecule has 1 aliphatic rings. The molecule has 1 fully saturated rings. The molecule has 2 nitrogen and oxygen atoms in total. The highest BCUT2D eigenvalue weighted by atomic mass is 32.2. The van der Waals surface area contributed by atoms with Gasteiger partial charge in [0, 0.05) is 10.6 Å². The fraction of sp³-hybridized carbons (Fsp3) is 0.538. The topological polar surface area (TPSA) is 32.3 Å². The average Bonchev–Trinajstić information content (AvgIpc) is 2.34. The first-order chi connectivity index (χ1) is 8.66. The molecule has 0 amide bonds. The van der Waals surface area contributed by atoms with Crippen molar-refractivity contribution in [2.24, 2.45) is 0 Å². The zero-order valence-corrected chi connectivity index (χ0v) is 10.8. The average molecular weight is 273 g/mol. The van der Waals surface area contributed by atoms with E-state index in [1.165, 1.54) is 0 Å². The predicted octanol–water partition coefficient (Wildman–Crippen LogP) is 3.72. The van der Waals surface area contributed by atoms with Crippen LogP contribution in [-0.4, -0.2) is 23.0 Å². The summed E-state index contributed by atoms with van der Waals surface area (Å²) in [4.78, 5) is 0.533. The summed E-state index contributed by atoms with van der Waals surface area (Å²) in [5, 5.41) is 13.1. The molecule has 100 valence electrons. The van der Waals surface area contributed by atoms with Crippen LogP contribution in [0, 0.1) is 0 Å². The van der Waals surface area contributed by atoms with Crippen LogP contribution in [-0.2, 0) is 0 Å². The summed E-state index contributed by atoms with van der Waals surface area (Å²) >= 11 is 0.537. The molecular weight excluding hydrogens is 256 g/mol. The molecule has 1 aliphatic carbocycles. The van der Waals surface area contributed by atoms with E-state index in [0.717, 1.165) is 25.7 Å². The largest absolute Gasteiger partial charge is 0.391 e. The smallest absolute Gasteiger partial charge is 0.288 e. The number of thioether (sulfide) groups is 1. The molecule has 0 aromatic heterocycles. The van der Waals surface area contributed by atoms with E-state index in [0.29, 0.717) is 22.3 Å². The van der Waals surface area contributed by atoms with Crippen molar-refractivity contribution in [2.75, 3.05) is 5.32 Å². The lowest BCUT2D eigenvalue weighted by atomic mass is 9.92. The fourth-order valence-electron chi connectivity index (χ4n) is 2.26. The molecular formula is C13H17F2NOS. The maximum absolute atomic E-state index is 12.4. The summed E-state index contributed by atoms with van der Waals surface area (Å²) in [5.41, 5.74) is 0.689. The van der Waals surface area contributed by atoms with Crippen molar-refractivity contribution < 1.29 is 13.9 Å². The maximum atomic E-state index is 12.4. The first kappa shape index (κ1) is 13.6. The Kier molecular flexibility index (Phi) is 4.83. The molecule has 2 atom stereocenters. The van der Waals surface area contributed by atoms with Crippen molar-refractivity contribution in [1.29, 1.82) is 0 Å². The highest BCUT2D eigenvalue weighted by Gasteiger charge is 2.23. The predicted molar refractivity (Wildman–Crippen MR) is 70.2 cm³/mol. The summed E-state index contributed by atoms with van der Waals surface area (Å²) in [6.45, 7) is 0. The minimum absolute atomic E-state index is 0.0295. The first-order valence-electron chi connectivity index (χ1n) is 6.15. The second-order valence-corrected chi connectivity index (χ2v) is 5.51. The molecule has 0 aliphatic heterocycles. The molecule has 1 aromatic rings. The van der Waals surface area contributed by atoms with E-state index >= 15 is 0 Å². The Morgan fingerprint density at radius 1 is 1.22 bits per heavy atom. The van der Waals surface area contributed by atoms with Crippen molar-refractivity contribution >= 4 is 17.4 Å². The quantitative estimate of drug-likeness (QED) is 0.820. The van der Waals surface area contributed by atoms with E-state index in [9.17, 15) is 13.9 Å². The van der Waals surface area contributed by atoms with Crippen molar-refractivity contribution in [3.05, 3.63) is 24.3 Å². The van der Waals surface area contributed by atoms with Gasteiger partial charge in [0.2, 0.25) is 0 Å². The molecule has 18 heavy (non-hydrogen) atoms. The summed E-state index contributed by atoms with van der Waals surface area (Å²) in [6, 6.07) is 6.99. The van der Waals surface area contributed by atoms with Crippen molar-refractivity contribution in [3.63, 3.8) is 0 Å². The minimum Gasteiger partial charge on any atom is -0.391 e. The van der Waals surface area contributed by atoms with Gasteiger partial charge in [-0.3, -0.25) is 0 Å². The number of halogens is 2. The van der Waals surface area contributed by atoms with Gasteiger partial charge in [0.1, 0.15) is 0 Å². The fourth-order valence-corrected chi connectivity index (χ4v) is 2.87. The summed E-state index contributed by atoms with van der Waals surface area (Å²) < 4.78 is 24.9. The van der Waals surface area contributed by atoms with Gasteiger partial charge in [-0.15, -0.1) is 0 Å². The van der Waals surface area contributed by atoms with Crippen LogP contribution in [0.4, 0.5) is 14.5 Å². The van der Waals surface area contributed by atoms with Gasteiger partial charge in [-0.05, 0) is 25.0 Å². The summed E-state index contributed by atoms with van der Waals surface area (Å²) in [7, 11) is 0. The molecule has 2 rings (SSSR count). The van der Waals surface area contributed by atoms with Crippen LogP contribution in [0.15, 0.2) is 29.2 Å². The Morgan fingerprint density at radius 3 is 2.67 bits per heavy atom. The molecule has 0 spiro atoms. The molecule has 0 heterocycles. The molecule has 0 unspecified atom stereocenters. The lowest BCUT2D eigenvalue weighted by Crippen LogP contribution is -2.36. The standard InChI is InChI=1S/C13H17F2NOS/c14-13(15)18-12-8-4-2-6-10(12)16-9-5-1-3-7-11(9)17/h2,4,6,8-9,11,13,16-17H,1,3,5,7H2/t9-,11-/m1/s1. The molecule has 0 radical (unpaired) electrons. The second kappa shape index (κ2) is 6.38.